The number of nitrogens with one attached hydrogen (secondary N) is 2. The molecule has 15 heavy (non-hydrogen) atoms. The number of nitrogens with two attached hydrogens (primary N) is 1. The summed E-state index contributed by atoms with van der Waals surface area (Å²) in [5.41, 5.74) is 3.12. The normalized spacial score (nSPS) is 18.7. The molecular weight excluding hydrogens is 188 g/mol. The van der Waals surface area contributed by atoms with Crippen LogP contribution in [0.2, 0.25) is 0 Å². The summed E-state index contributed by atoms with van der Waals surface area (Å²) < 4.78 is 0. The molecule has 0 aromatic rings. The maximum absolute atomic E-state index is 5.40. The van der Waals surface area contributed by atoms with Gasteiger partial charge < -0.3 is 5.32 Å². The molecule has 4 heteroatoms. The van der Waals surface area contributed by atoms with Gasteiger partial charge in [0.1, 0.15) is 0 Å². The third-order valence-electron chi connectivity index (χ3n) is 3.24. The van der Waals surface area contributed by atoms with Crippen LogP contribution in [0.4, 0.5) is 0 Å². The Labute approximate surface area is 92.7 Å². The molecule has 1 fully saturated rings. The number of nitrogens with zero attached hydrogens (tertiary/aromatic N) is 1. The van der Waals surface area contributed by atoms with Gasteiger partial charge in [0.05, 0.1) is 0 Å². The monoisotopic (exact) mass is 212 g/mol. The predicted molar refractivity (Wildman–Crippen MR) is 64.5 cm³/mol. The van der Waals surface area contributed by atoms with Gasteiger partial charge in [-0.25, -0.2) is 5.84 Å². The van der Waals surface area contributed by atoms with Gasteiger partial charge in [-0.1, -0.05) is 20.3 Å². The molecule has 0 aromatic carbocycles. The maximum atomic E-state index is 5.40. The van der Waals surface area contributed by atoms with Crippen molar-refractivity contribution in [2.45, 2.75) is 46.0 Å². The van der Waals surface area contributed by atoms with Crippen LogP contribution in [0, 0.1) is 5.41 Å². The predicted octanol–water partition coefficient (Wildman–Crippen LogP) is 1.39. The first-order chi connectivity index (χ1) is 7.26. The number of rotatable bonds is 6. The van der Waals surface area contributed by atoms with Crippen LogP contribution in [0.3, 0.4) is 0 Å². The first kappa shape index (κ1) is 12.3. The molecule has 0 amide bonds. The minimum absolute atomic E-state index is 0.495. The van der Waals surface area contributed by atoms with Crippen molar-refractivity contribution in [1.82, 2.24) is 10.7 Å². The van der Waals surface area contributed by atoms with Crippen LogP contribution in [-0.2, 0) is 0 Å². The molecule has 0 bridgehead atoms. The summed E-state index contributed by atoms with van der Waals surface area (Å²) >= 11 is 0. The molecular formula is C11H24N4. The molecule has 1 aliphatic carbocycles. The quantitative estimate of drug-likeness (QED) is 0.205. The maximum Gasteiger partial charge on any atom is 0.205 e. The third-order valence-corrected chi connectivity index (χ3v) is 3.24. The topological polar surface area (TPSA) is 62.4 Å². The van der Waals surface area contributed by atoms with Gasteiger partial charge in [-0.2, -0.15) is 0 Å². The minimum Gasteiger partial charge on any atom is -0.355 e. The molecule has 0 atom stereocenters. The number of hydrogen-bond acceptors (Lipinski definition) is 2. The molecule has 1 rings (SSSR count). The van der Waals surface area contributed by atoms with Crippen LogP contribution >= 0.6 is 0 Å². The van der Waals surface area contributed by atoms with E-state index in [1.54, 1.807) is 0 Å². The fraction of sp³-hybridized carbons (Fsp3) is 0.909. The highest BCUT2D eigenvalue weighted by Crippen LogP contribution is 2.48. The Balaban J connectivity index is 2.27. The van der Waals surface area contributed by atoms with Crippen LogP contribution in [-0.4, -0.2) is 19.0 Å². The van der Waals surface area contributed by atoms with E-state index in [4.69, 9.17) is 5.84 Å². The molecule has 0 saturated heterocycles. The molecule has 0 radical (unpaired) electrons. The number of hydrazine groups is 1. The van der Waals surface area contributed by atoms with E-state index in [2.05, 4.69) is 29.6 Å². The molecule has 1 aliphatic rings. The van der Waals surface area contributed by atoms with E-state index in [1.165, 1.54) is 25.7 Å². The van der Waals surface area contributed by atoms with E-state index in [1.807, 2.05) is 0 Å². The standard InChI is InChI=1S/C11H24N4/c1-3-5-8-13-10(15-12)14-9-11(4-2)6-7-11/h3-9,12H2,1-2H3,(H2,13,14,15). The fourth-order valence-electron chi connectivity index (χ4n) is 1.58. The Kier molecular flexibility index (Phi) is 4.88. The number of aliphatic imine (C=N–C) groups is 1. The molecule has 0 unspecified atom stereocenters. The smallest absolute Gasteiger partial charge is 0.205 e. The summed E-state index contributed by atoms with van der Waals surface area (Å²) in [6.45, 7) is 6.26. The van der Waals surface area contributed by atoms with Crippen molar-refractivity contribution in [1.29, 1.82) is 0 Å². The summed E-state index contributed by atoms with van der Waals surface area (Å²) in [5, 5.41) is 3.21. The number of guanidine groups is 1. The van der Waals surface area contributed by atoms with Gasteiger partial charge in [0.15, 0.2) is 0 Å². The average Bonchev–Trinajstić information content (AvgIpc) is 3.04. The van der Waals surface area contributed by atoms with Crippen molar-refractivity contribution in [3.63, 3.8) is 0 Å². The van der Waals surface area contributed by atoms with E-state index in [-0.39, 0.29) is 0 Å². The minimum atomic E-state index is 0.495. The summed E-state index contributed by atoms with van der Waals surface area (Å²) in [5.74, 6) is 6.14. The Bertz CT molecular complexity index is 209. The Morgan fingerprint density at radius 1 is 1.40 bits per heavy atom. The van der Waals surface area contributed by atoms with E-state index in [0.717, 1.165) is 25.5 Å². The summed E-state index contributed by atoms with van der Waals surface area (Å²) in [7, 11) is 0. The van der Waals surface area contributed by atoms with Crippen LogP contribution in [0.1, 0.15) is 46.0 Å². The molecule has 1 saturated carbocycles. The Morgan fingerprint density at radius 3 is 2.60 bits per heavy atom. The summed E-state index contributed by atoms with van der Waals surface area (Å²) in [6.07, 6.45) is 6.20. The number of hydrogen-bond donors (Lipinski definition) is 3. The lowest BCUT2D eigenvalue weighted by Gasteiger charge is -2.12. The van der Waals surface area contributed by atoms with Gasteiger partial charge in [0, 0.05) is 13.1 Å². The summed E-state index contributed by atoms with van der Waals surface area (Å²) in [4.78, 5) is 4.49. The van der Waals surface area contributed by atoms with Crippen LogP contribution in [0.15, 0.2) is 4.99 Å². The van der Waals surface area contributed by atoms with Crippen molar-refractivity contribution in [3.05, 3.63) is 0 Å². The van der Waals surface area contributed by atoms with Crippen LogP contribution < -0.4 is 16.6 Å². The molecule has 0 aliphatic heterocycles. The second-order valence-corrected chi connectivity index (χ2v) is 4.44. The molecule has 88 valence electrons. The van der Waals surface area contributed by atoms with Crippen molar-refractivity contribution < 1.29 is 0 Å². The van der Waals surface area contributed by atoms with Crippen LogP contribution in [0.25, 0.3) is 0 Å². The molecule has 0 aromatic heterocycles. The van der Waals surface area contributed by atoms with Gasteiger partial charge in [0.25, 0.3) is 0 Å². The first-order valence-electron chi connectivity index (χ1n) is 6.01. The van der Waals surface area contributed by atoms with E-state index >= 15 is 0 Å². The van der Waals surface area contributed by atoms with E-state index < -0.39 is 0 Å². The van der Waals surface area contributed by atoms with E-state index in [0.29, 0.717) is 5.41 Å². The fourth-order valence-corrected chi connectivity index (χ4v) is 1.58. The van der Waals surface area contributed by atoms with Gasteiger partial charge in [-0.15, -0.1) is 0 Å². The zero-order valence-corrected chi connectivity index (χ0v) is 9.97. The lowest BCUT2D eigenvalue weighted by atomic mass is 10.1. The highest BCUT2D eigenvalue weighted by molar-refractivity contribution is 5.79. The van der Waals surface area contributed by atoms with Gasteiger partial charge >= 0.3 is 0 Å². The Morgan fingerprint density at radius 2 is 2.13 bits per heavy atom. The molecule has 4 nitrogen and oxygen atoms in total. The lowest BCUT2D eigenvalue weighted by Crippen LogP contribution is -2.42. The lowest BCUT2D eigenvalue weighted by molar-refractivity contribution is 0.504. The van der Waals surface area contributed by atoms with Crippen molar-refractivity contribution in [2.75, 3.05) is 13.1 Å². The van der Waals surface area contributed by atoms with Gasteiger partial charge in [-0.05, 0) is 31.1 Å². The molecule has 4 N–H and O–H groups in total. The van der Waals surface area contributed by atoms with Crippen molar-refractivity contribution in [2.24, 2.45) is 16.3 Å². The molecule has 0 heterocycles. The largest absolute Gasteiger partial charge is 0.355 e. The van der Waals surface area contributed by atoms with E-state index in [9.17, 15) is 0 Å². The zero-order chi connectivity index (χ0) is 11.1. The summed E-state index contributed by atoms with van der Waals surface area (Å²) in [6, 6.07) is 0. The zero-order valence-electron chi connectivity index (χ0n) is 9.97. The highest BCUT2D eigenvalue weighted by atomic mass is 15.3. The number of unbranched alkanes of at least 4 members (excludes halogenated alkanes) is 1. The second kappa shape index (κ2) is 5.95. The average molecular weight is 212 g/mol. The Hall–Kier alpha value is -0.770. The SMILES string of the molecule is CCCCNC(=NCC1(CC)CC1)NN. The van der Waals surface area contributed by atoms with Crippen LogP contribution in [0.5, 0.6) is 0 Å². The highest BCUT2D eigenvalue weighted by Gasteiger charge is 2.40. The third kappa shape index (κ3) is 4.08. The van der Waals surface area contributed by atoms with Crippen molar-refractivity contribution in [3.8, 4) is 0 Å². The second-order valence-electron chi connectivity index (χ2n) is 4.44. The van der Waals surface area contributed by atoms with Crippen molar-refractivity contribution >= 4 is 5.96 Å². The molecule has 0 spiro atoms. The van der Waals surface area contributed by atoms with Gasteiger partial charge in [-0.3, -0.25) is 10.4 Å². The van der Waals surface area contributed by atoms with Gasteiger partial charge in [0.2, 0.25) is 5.96 Å². The first-order valence-corrected chi connectivity index (χ1v) is 6.01.